The highest BCUT2D eigenvalue weighted by atomic mass is 16.5. The number of esters is 1. The summed E-state index contributed by atoms with van der Waals surface area (Å²) in [5.41, 5.74) is 0.836. The summed E-state index contributed by atoms with van der Waals surface area (Å²) in [5, 5.41) is 2.76. The molecule has 6 heteroatoms. The summed E-state index contributed by atoms with van der Waals surface area (Å²) in [4.78, 5) is 24.1. The zero-order valence-corrected chi connectivity index (χ0v) is 12.8. The lowest BCUT2D eigenvalue weighted by Crippen LogP contribution is -2.45. The second-order valence-corrected chi connectivity index (χ2v) is 5.16. The van der Waals surface area contributed by atoms with Crippen molar-refractivity contribution in [2.24, 2.45) is 5.92 Å². The van der Waals surface area contributed by atoms with Gasteiger partial charge < -0.3 is 19.5 Å². The number of hydrogen-bond donors (Lipinski definition) is 1. The van der Waals surface area contributed by atoms with E-state index < -0.39 is 12.0 Å². The Morgan fingerprint density at radius 2 is 2.14 bits per heavy atom. The van der Waals surface area contributed by atoms with Crippen LogP contribution in [0.2, 0.25) is 0 Å². The van der Waals surface area contributed by atoms with Crippen molar-refractivity contribution >= 4 is 11.9 Å². The molecule has 1 N–H and O–H groups in total. The van der Waals surface area contributed by atoms with Gasteiger partial charge in [-0.1, -0.05) is 18.2 Å². The third-order valence-electron chi connectivity index (χ3n) is 3.72. The highest BCUT2D eigenvalue weighted by molar-refractivity contribution is 5.86. The molecule has 2 atom stereocenters. The van der Waals surface area contributed by atoms with Gasteiger partial charge >= 0.3 is 5.97 Å². The average Bonchev–Trinajstić information content (AvgIpc) is 3.08. The van der Waals surface area contributed by atoms with Crippen LogP contribution in [0.3, 0.4) is 0 Å². The summed E-state index contributed by atoms with van der Waals surface area (Å²) >= 11 is 0. The van der Waals surface area contributed by atoms with Crippen LogP contribution in [0, 0.1) is 5.92 Å². The number of benzene rings is 1. The van der Waals surface area contributed by atoms with E-state index in [1.54, 1.807) is 7.11 Å². The van der Waals surface area contributed by atoms with Gasteiger partial charge in [-0.25, -0.2) is 4.79 Å². The van der Waals surface area contributed by atoms with E-state index in [1.807, 2.05) is 24.3 Å². The molecule has 1 amide bonds. The van der Waals surface area contributed by atoms with Crippen LogP contribution in [0.25, 0.3) is 0 Å². The normalized spacial score (nSPS) is 18.5. The van der Waals surface area contributed by atoms with E-state index in [9.17, 15) is 9.59 Å². The highest BCUT2D eigenvalue weighted by Crippen LogP contribution is 2.20. The van der Waals surface area contributed by atoms with Crippen molar-refractivity contribution in [2.45, 2.75) is 18.9 Å². The van der Waals surface area contributed by atoms with Gasteiger partial charge in [0.15, 0.2) is 0 Å². The molecule has 0 unspecified atom stereocenters. The predicted octanol–water partition coefficient (Wildman–Crippen LogP) is 0.932. The molecule has 1 fully saturated rings. The summed E-state index contributed by atoms with van der Waals surface area (Å²) in [7, 11) is 2.88. The summed E-state index contributed by atoms with van der Waals surface area (Å²) < 4.78 is 15.3. The molecule has 0 saturated carbocycles. The molecule has 1 saturated heterocycles. The number of carbonyl (C=O) groups excluding carboxylic acids is 2. The first-order valence-electron chi connectivity index (χ1n) is 7.23. The Morgan fingerprint density at radius 1 is 1.36 bits per heavy atom. The quantitative estimate of drug-likeness (QED) is 0.792. The van der Waals surface area contributed by atoms with Crippen LogP contribution < -0.4 is 10.1 Å². The summed E-state index contributed by atoms with van der Waals surface area (Å²) in [6.45, 7) is 0.974. The van der Waals surface area contributed by atoms with Gasteiger partial charge in [-0.3, -0.25) is 4.79 Å². The Kier molecular flexibility index (Phi) is 5.77. The van der Waals surface area contributed by atoms with Crippen molar-refractivity contribution in [3.8, 4) is 5.75 Å². The minimum atomic E-state index is -0.741. The van der Waals surface area contributed by atoms with Crippen molar-refractivity contribution < 1.29 is 23.8 Å². The number of para-hydroxylation sites is 1. The molecule has 0 spiro atoms. The van der Waals surface area contributed by atoms with E-state index in [-0.39, 0.29) is 11.8 Å². The molecule has 6 nitrogen and oxygen atoms in total. The highest BCUT2D eigenvalue weighted by Gasteiger charge is 2.29. The average molecular weight is 307 g/mol. The summed E-state index contributed by atoms with van der Waals surface area (Å²) in [5.74, 6) is -0.180. The third kappa shape index (κ3) is 3.98. The van der Waals surface area contributed by atoms with Crippen molar-refractivity contribution in [1.29, 1.82) is 0 Å². The lowest BCUT2D eigenvalue weighted by molar-refractivity contribution is -0.145. The topological polar surface area (TPSA) is 73.9 Å². The van der Waals surface area contributed by atoms with Crippen LogP contribution >= 0.6 is 0 Å². The van der Waals surface area contributed by atoms with Gasteiger partial charge in [-0.15, -0.1) is 0 Å². The number of nitrogens with one attached hydrogen (secondary N) is 1. The molecular weight excluding hydrogens is 286 g/mol. The molecule has 0 radical (unpaired) electrons. The summed E-state index contributed by atoms with van der Waals surface area (Å²) in [6.07, 6.45) is 0.990. The van der Waals surface area contributed by atoms with Gasteiger partial charge in [0, 0.05) is 13.0 Å². The van der Waals surface area contributed by atoms with E-state index in [0.717, 1.165) is 5.56 Å². The lowest BCUT2D eigenvalue weighted by atomic mass is 10.0. The van der Waals surface area contributed by atoms with Crippen molar-refractivity contribution in [1.82, 2.24) is 5.32 Å². The van der Waals surface area contributed by atoms with E-state index >= 15 is 0 Å². The zero-order chi connectivity index (χ0) is 15.9. The maximum Gasteiger partial charge on any atom is 0.328 e. The molecule has 120 valence electrons. The van der Waals surface area contributed by atoms with Crippen molar-refractivity contribution in [2.75, 3.05) is 27.4 Å². The lowest BCUT2D eigenvalue weighted by Gasteiger charge is -2.19. The number of ether oxygens (including phenoxy) is 3. The van der Waals surface area contributed by atoms with Crippen molar-refractivity contribution in [3.63, 3.8) is 0 Å². The zero-order valence-electron chi connectivity index (χ0n) is 12.8. The van der Waals surface area contributed by atoms with E-state index in [4.69, 9.17) is 14.2 Å². The largest absolute Gasteiger partial charge is 0.496 e. The maximum absolute atomic E-state index is 12.2. The van der Waals surface area contributed by atoms with Gasteiger partial charge in [-0.05, 0) is 18.1 Å². The van der Waals surface area contributed by atoms with Gasteiger partial charge in [0.05, 0.1) is 26.7 Å². The second kappa shape index (κ2) is 7.79. The Balaban J connectivity index is 2.08. The Morgan fingerprint density at radius 3 is 2.77 bits per heavy atom. The molecule has 1 aliphatic rings. The predicted molar refractivity (Wildman–Crippen MR) is 79.6 cm³/mol. The smallest absolute Gasteiger partial charge is 0.328 e. The fourth-order valence-corrected chi connectivity index (χ4v) is 2.46. The number of carbonyl (C=O) groups is 2. The molecule has 2 rings (SSSR count). The van der Waals surface area contributed by atoms with Crippen LogP contribution in [0.4, 0.5) is 0 Å². The van der Waals surface area contributed by atoms with Gasteiger partial charge in [-0.2, -0.15) is 0 Å². The SMILES string of the molecule is COC(=O)[C@H](Cc1ccccc1OC)NC(=O)[C@@H]1CCOC1. The Bertz CT molecular complexity index is 525. The first-order valence-corrected chi connectivity index (χ1v) is 7.23. The van der Waals surface area contributed by atoms with Crippen LogP contribution in [-0.4, -0.2) is 45.4 Å². The fourth-order valence-electron chi connectivity index (χ4n) is 2.46. The molecule has 0 aliphatic carbocycles. The van der Waals surface area contributed by atoms with Crippen LogP contribution in [-0.2, 0) is 25.5 Å². The van der Waals surface area contributed by atoms with Crippen molar-refractivity contribution in [3.05, 3.63) is 29.8 Å². The van der Waals surface area contributed by atoms with Crippen LogP contribution in [0.1, 0.15) is 12.0 Å². The molecule has 1 aromatic carbocycles. The first kappa shape index (κ1) is 16.3. The molecule has 1 aromatic rings. The summed E-state index contributed by atoms with van der Waals surface area (Å²) in [6, 6.07) is 6.65. The van der Waals surface area contributed by atoms with Crippen LogP contribution in [0.15, 0.2) is 24.3 Å². The maximum atomic E-state index is 12.2. The standard InChI is InChI=1S/C16H21NO5/c1-20-14-6-4-3-5-11(14)9-13(16(19)21-2)17-15(18)12-7-8-22-10-12/h3-6,12-13H,7-10H2,1-2H3,(H,17,18)/t12-,13+/m1/s1. The van der Waals surface area contributed by atoms with Gasteiger partial charge in [0.2, 0.25) is 5.91 Å². The Labute approximate surface area is 129 Å². The van der Waals surface area contributed by atoms with Gasteiger partial charge in [0.25, 0.3) is 0 Å². The third-order valence-corrected chi connectivity index (χ3v) is 3.72. The molecule has 0 aromatic heterocycles. The Hall–Kier alpha value is -2.08. The fraction of sp³-hybridized carbons (Fsp3) is 0.500. The molecule has 1 heterocycles. The monoisotopic (exact) mass is 307 g/mol. The van der Waals surface area contributed by atoms with Crippen LogP contribution in [0.5, 0.6) is 5.75 Å². The number of methoxy groups -OCH3 is 2. The minimum absolute atomic E-state index is 0.178. The first-order chi connectivity index (χ1) is 10.7. The molecule has 22 heavy (non-hydrogen) atoms. The van der Waals surface area contributed by atoms with E-state index in [2.05, 4.69) is 5.32 Å². The van der Waals surface area contributed by atoms with E-state index in [1.165, 1.54) is 7.11 Å². The van der Waals surface area contributed by atoms with Gasteiger partial charge in [0.1, 0.15) is 11.8 Å². The number of amides is 1. The van der Waals surface area contributed by atoms with E-state index in [0.29, 0.717) is 31.8 Å². The molecule has 1 aliphatic heterocycles. The number of hydrogen-bond acceptors (Lipinski definition) is 5. The molecular formula is C16H21NO5. The number of rotatable bonds is 6. The minimum Gasteiger partial charge on any atom is -0.496 e. The second-order valence-electron chi connectivity index (χ2n) is 5.16. The molecule has 0 bridgehead atoms.